The van der Waals surface area contributed by atoms with Crippen LogP contribution in [0, 0.1) is 0 Å². The molecule has 24 nitrogen and oxygen atoms in total. The Hall–Kier alpha value is -3.18. The molecule has 290 valence electrons. The summed E-state index contributed by atoms with van der Waals surface area (Å²) in [5.74, 6) is 0. The number of hydrogen-bond donors (Lipinski definition) is 11. The average Bonchev–Trinajstić information content (AvgIpc) is 3.91. The van der Waals surface area contributed by atoms with E-state index in [4.69, 9.17) is 14.2 Å². The fourth-order valence-corrected chi connectivity index (χ4v) is 6.47. The largest absolute Gasteiger partial charge is 0.396 e. The summed E-state index contributed by atoms with van der Waals surface area (Å²) in [6, 6.07) is 0. The van der Waals surface area contributed by atoms with E-state index < -0.39 is 99.0 Å². The van der Waals surface area contributed by atoms with E-state index in [1.54, 1.807) is 11.1 Å². The van der Waals surface area contributed by atoms with E-state index in [1.165, 1.54) is 21.8 Å². The molecule has 3 aliphatic heterocycles. The maximum absolute atomic E-state index is 10.6. The molecule has 52 heavy (non-hydrogen) atoms. The number of aliphatic hydroxyl groups is 11. The Bertz CT molecular complexity index is 1580. The van der Waals surface area contributed by atoms with E-state index in [9.17, 15) is 56.2 Å². The van der Waals surface area contributed by atoms with Crippen LogP contribution in [0.25, 0.3) is 0 Å². The van der Waals surface area contributed by atoms with Crippen molar-refractivity contribution in [2.75, 3.05) is 19.8 Å². The molecule has 11 N–H and O–H groups in total. The van der Waals surface area contributed by atoms with Crippen molar-refractivity contribution < 1.29 is 70.4 Å². The summed E-state index contributed by atoms with van der Waals surface area (Å²) < 4.78 is 20.7. The van der Waals surface area contributed by atoms with Crippen LogP contribution in [0.3, 0.4) is 0 Å². The van der Waals surface area contributed by atoms with Gasteiger partial charge in [-0.2, -0.15) is 0 Å². The summed E-state index contributed by atoms with van der Waals surface area (Å²) in [5, 5.41) is 136. The van der Waals surface area contributed by atoms with Crippen molar-refractivity contribution in [1.82, 2.24) is 49.9 Å². The first-order chi connectivity index (χ1) is 24.9. The fourth-order valence-electron chi connectivity index (χ4n) is 6.47. The van der Waals surface area contributed by atoms with Gasteiger partial charge in [0.25, 0.3) is 0 Å². The molecule has 0 aromatic carbocycles. The van der Waals surface area contributed by atoms with Crippen LogP contribution in [0.2, 0.25) is 0 Å². The lowest BCUT2D eigenvalue weighted by molar-refractivity contribution is -0.254. The number of rotatable bonds is 13. The highest BCUT2D eigenvalue weighted by atomic mass is 16.6. The molecule has 3 saturated heterocycles. The van der Waals surface area contributed by atoms with Crippen molar-refractivity contribution in [3.8, 4) is 0 Å². The van der Waals surface area contributed by atoms with Gasteiger partial charge >= 0.3 is 0 Å². The van der Waals surface area contributed by atoms with Crippen molar-refractivity contribution in [3.05, 3.63) is 35.7 Å². The summed E-state index contributed by atoms with van der Waals surface area (Å²) in [6.07, 6.45) is -14.0. The number of aromatic nitrogens is 9. The third-order valence-corrected chi connectivity index (χ3v) is 9.34. The molecule has 3 fully saturated rings. The Morgan fingerprint density at radius 2 is 1.00 bits per heavy atom. The third kappa shape index (κ3) is 8.00. The minimum absolute atomic E-state index is 0.00658. The molecular weight excluding hydrogens is 700 g/mol. The van der Waals surface area contributed by atoms with Crippen LogP contribution in [0.15, 0.2) is 18.6 Å². The summed E-state index contributed by atoms with van der Waals surface area (Å²) in [7, 11) is 0. The van der Waals surface area contributed by atoms with E-state index in [0.717, 1.165) is 4.68 Å². The zero-order valence-electron chi connectivity index (χ0n) is 27.6. The van der Waals surface area contributed by atoms with Crippen LogP contribution in [-0.4, -0.2) is 193 Å². The van der Waals surface area contributed by atoms with Crippen molar-refractivity contribution in [1.29, 1.82) is 0 Å². The number of ether oxygens (including phenoxy) is 3. The van der Waals surface area contributed by atoms with Crippen LogP contribution >= 0.6 is 0 Å². The Morgan fingerprint density at radius 3 is 1.50 bits per heavy atom. The number of nitrogens with zero attached hydrogens (tertiary/aromatic N) is 10. The standard InChI is InChI=1S/C28H44N10O14/c39-2-1-16-21(44)23(46)25(48)27(51-16)37-8-13(30-33-37)5-35(4-12-7-36(32-29-12)19-3-15(42)20(43)17(10-40)50-19)6-14-9-38(34-31-14)28-26(49)24(47)22(45)18(11-41)52-28/h7-9,15-28,39-49H,1-6,10-11H2/t15-,16-,17-,18-,19?,20+,21-,22-,23+,24+,25-,26-,27-,28-/m1/s1. The molecule has 14 atom stereocenters. The summed E-state index contributed by atoms with van der Waals surface area (Å²) in [4.78, 5) is 1.78. The van der Waals surface area contributed by atoms with Crippen LogP contribution in [0.5, 0.6) is 0 Å². The second-order valence-electron chi connectivity index (χ2n) is 13.1. The lowest BCUT2D eigenvalue weighted by Gasteiger charge is -2.40. The van der Waals surface area contributed by atoms with Gasteiger partial charge in [0.1, 0.15) is 54.9 Å². The van der Waals surface area contributed by atoms with Crippen molar-refractivity contribution in [2.45, 2.75) is 118 Å². The summed E-state index contributed by atoms with van der Waals surface area (Å²) >= 11 is 0. The highest BCUT2D eigenvalue weighted by Gasteiger charge is 2.46. The van der Waals surface area contributed by atoms with Gasteiger partial charge in [-0.25, -0.2) is 14.0 Å². The fraction of sp³-hybridized carbons (Fsp3) is 0.786. The van der Waals surface area contributed by atoms with Gasteiger partial charge in [0.2, 0.25) is 0 Å². The minimum atomic E-state index is -1.63. The Labute approximate surface area is 294 Å². The maximum atomic E-state index is 10.6. The molecule has 0 aliphatic carbocycles. The predicted molar refractivity (Wildman–Crippen MR) is 163 cm³/mol. The second kappa shape index (κ2) is 16.5. The quantitative estimate of drug-likeness (QED) is 0.0774. The first kappa shape index (κ1) is 38.5. The second-order valence-corrected chi connectivity index (χ2v) is 13.1. The Morgan fingerprint density at radius 1 is 0.558 bits per heavy atom. The van der Waals surface area contributed by atoms with Crippen LogP contribution < -0.4 is 0 Å². The van der Waals surface area contributed by atoms with Gasteiger partial charge in [-0.15, -0.1) is 15.3 Å². The van der Waals surface area contributed by atoms with E-state index >= 15 is 0 Å². The van der Waals surface area contributed by atoms with Crippen molar-refractivity contribution >= 4 is 0 Å². The van der Waals surface area contributed by atoms with Crippen LogP contribution in [0.1, 0.15) is 48.6 Å². The normalized spacial score (nSPS) is 37.2. The average molecular weight is 745 g/mol. The molecule has 6 rings (SSSR count). The SMILES string of the molecule is OCC[C@H]1O[C@@H](n2cc(CN(Cc3cn(C4C[C@@H](O)[C@H](O)[C@@H](CO)O4)nn3)Cc3cn([C@@H]4O[C@H](CO)[C@@H](O)[C@H](O)[C@H]4O)nn3)nn2)[C@H](O)[C@@H](O)[C@@H]1O. The van der Waals surface area contributed by atoms with E-state index in [-0.39, 0.29) is 39.1 Å². The molecule has 0 saturated carbocycles. The zero-order chi connectivity index (χ0) is 37.3. The highest BCUT2D eigenvalue weighted by Crippen LogP contribution is 2.31. The number of hydrogen-bond acceptors (Lipinski definition) is 21. The van der Waals surface area contributed by atoms with Crippen LogP contribution in [-0.2, 0) is 33.8 Å². The molecule has 0 bridgehead atoms. The molecule has 0 amide bonds. The first-order valence-electron chi connectivity index (χ1n) is 16.6. The van der Waals surface area contributed by atoms with Gasteiger partial charge in [0, 0.05) is 32.7 Å². The molecule has 1 unspecified atom stereocenters. The molecule has 0 radical (unpaired) electrons. The maximum Gasteiger partial charge on any atom is 0.180 e. The van der Waals surface area contributed by atoms with Gasteiger partial charge in [-0.05, 0) is 6.42 Å². The Balaban J connectivity index is 1.21. The Kier molecular flexibility index (Phi) is 12.2. The smallest absolute Gasteiger partial charge is 0.180 e. The lowest BCUT2D eigenvalue weighted by atomic mass is 9.96. The molecule has 3 aromatic rings. The summed E-state index contributed by atoms with van der Waals surface area (Å²) in [6.45, 7) is -1.29. The summed E-state index contributed by atoms with van der Waals surface area (Å²) in [5.41, 5.74) is 1.10. The van der Waals surface area contributed by atoms with Gasteiger partial charge in [0.15, 0.2) is 18.7 Å². The number of aliphatic hydroxyl groups excluding tert-OH is 11. The molecular formula is C28H44N10O14. The topological polar surface area (TPSA) is 346 Å². The molecule has 24 heteroatoms. The van der Waals surface area contributed by atoms with Crippen molar-refractivity contribution in [2.24, 2.45) is 0 Å². The van der Waals surface area contributed by atoms with Crippen molar-refractivity contribution in [3.63, 3.8) is 0 Å². The van der Waals surface area contributed by atoms with Crippen LogP contribution in [0.4, 0.5) is 0 Å². The van der Waals surface area contributed by atoms with E-state index in [1.807, 2.05) is 0 Å². The molecule has 0 spiro atoms. The lowest BCUT2D eigenvalue weighted by Crippen LogP contribution is -2.56. The molecule has 3 aromatic heterocycles. The molecule has 6 heterocycles. The van der Waals surface area contributed by atoms with Gasteiger partial charge in [0.05, 0.1) is 61.1 Å². The monoisotopic (exact) mass is 744 g/mol. The zero-order valence-corrected chi connectivity index (χ0v) is 27.6. The van der Waals surface area contributed by atoms with E-state index in [0.29, 0.717) is 17.1 Å². The third-order valence-electron chi connectivity index (χ3n) is 9.34. The van der Waals surface area contributed by atoms with Gasteiger partial charge in [-0.1, -0.05) is 15.6 Å². The predicted octanol–water partition coefficient (Wildman–Crippen LogP) is -7.00. The van der Waals surface area contributed by atoms with Gasteiger partial charge in [-0.3, -0.25) is 4.90 Å². The highest BCUT2D eigenvalue weighted by molar-refractivity contribution is 5.02. The van der Waals surface area contributed by atoms with E-state index in [2.05, 4.69) is 30.9 Å². The minimum Gasteiger partial charge on any atom is -0.396 e. The molecule has 3 aliphatic rings. The van der Waals surface area contributed by atoms with Gasteiger partial charge < -0.3 is 70.4 Å². The first-order valence-corrected chi connectivity index (χ1v) is 16.6.